The van der Waals surface area contributed by atoms with E-state index in [2.05, 4.69) is 0 Å². The van der Waals surface area contributed by atoms with Crippen molar-refractivity contribution in [3.8, 4) is 5.75 Å². The molecule has 0 N–H and O–H groups in total. The molecule has 0 atom stereocenters. The first kappa shape index (κ1) is 14.2. The van der Waals surface area contributed by atoms with Crippen LogP contribution in [0.3, 0.4) is 0 Å². The Morgan fingerprint density at radius 1 is 1.20 bits per heavy atom. The third-order valence-electron chi connectivity index (χ3n) is 1.61. The van der Waals surface area contributed by atoms with Crippen LogP contribution in [0.25, 0.3) is 0 Å². The standard InChI is InChI=1S/C6H6O.C5H5.ClH.O.V/c7-6-4-2-1-3-5-6;1-2-4-5-3-1;;;/h1-5,7H;1-3H,4H2;1H;;/q;;;;+2/p-2. The molecule has 2 nitrogen and oxygen atoms in total. The molecule has 0 saturated heterocycles. The van der Waals surface area contributed by atoms with Crippen LogP contribution in [-0.2, 0) is 19.9 Å². The number of hydrogen-bond donors (Lipinski definition) is 0. The van der Waals surface area contributed by atoms with Gasteiger partial charge in [0.1, 0.15) is 0 Å². The van der Waals surface area contributed by atoms with Crippen molar-refractivity contribution < 1.29 is 37.4 Å². The molecule has 0 spiro atoms. The number of halogens is 1. The molecular formula is C11H10ClO2V. The topological polar surface area (TPSA) is 40.1 Å². The molecule has 1 aromatic carbocycles. The Morgan fingerprint density at radius 2 is 1.87 bits per heavy atom. The van der Waals surface area contributed by atoms with Gasteiger partial charge in [0.05, 0.1) is 0 Å². The van der Waals surface area contributed by atoms with Crippen molar-refractivity contribution in [2.75, 3.05) is 0 Å². The Morgan fingerprint density at radius 3 is 2.13 bits per heavy atom. The molecule has 0 radical (unpaired) electrons. The summed E-state index contributed by atoms with van der Waals surface area (Å²) in [4.78, 5) is 0. The molecule has 0 aromatic heterocycles. The van der Waals surface area contributed by atoms with E-state index in [0.717, 1.165) is 10.7 Å². The summed E-state index contributed by atoms with van der Waals surface area (Å²) in [5, 5.41) is 10.3. The Hall–Kier alpha value is -0.826. The van der Waals surface area contributed by atoms with Crippen molar-refractivity contribution in [1.82, 2.24) is 0 Å². The first-order valence-electron chi connectivity index (χ1n) is 4.24. The van der Waals surface area contributed by atoms with Gasteiger partial charge in [-0.3, -0.25) is 0 Å². The maximum absolute atomic E-state index is 10.3. The van der Waals surface area contributed by atoms with E-state index in [9.17, 15) is 8.78 Å². The van der Waals surface area contributed by atoms with Crippen LogP contribution in [-0.4, -0.2) is 0 Å². The van der Waals surface area contributed by atoms with E-state index in [1.807, 2.05) is 24.3 Å². The summed E-state index contributed by atoms with van der Waals surface area (Å²) >= 11 is -0.727. The van der Waals surface area contributed by atoms with Crippen LogP contribution in [0.4, 0.5) is 0 Å². The van der Waals surface area contributed by atoms with Crippen molar-refractivity contribution in [3.63, 3.8) is 0 Å². The number of benzene rings is 1. The summed E-state index contributed by atoms with van der Waals surface area (Å²) in [7, 11) is 0. The van der Waals surface area contributed by atoms with E-state index in [1.165, 1.54) is 12.1 Å². The van der Waals surface area contributed by atoms with Crippen LogP contribution in [0.5, 0.6) is 5.75 Å². The fourth-order valence-electron chi connectivity index (χ4n) is 0.924. The average molecular weight is 261 g/mol. The quantitative estimate of drug-likeness (QED) is 0.651. The summed E-state index contributed by atoms with van der Waals surface area (Å²) in [6.45, 7) is 0. The van der Waals surface area contributed by atoms with Gasteiger partial charge in [-0.05, 0) is 0 Å². The minimum absolute atomic E-state index is 0. The van der Waals surface area contributed by atoms with Crippen molar-refractivity contribution in [2.45, 2.75) is 6.42 Å². The van der Waals surface area contributed by atoms with Gasteiger partial charge in [-0.25, -0.2) is 0 Å². The van der Waals surface area contributed by atoms with E-state index in [0.29, 0.717) is 0 Å². The zero-order chi connectivity index (χ0) is 10.2. The van der Waals surface area contributed by atoms with Crippen LogP contribution in [0.15, 0.2) is 52.8 Å². The number of rotatable bonds is 1. The Bertz CT molecular complexity index is 347. The van der Waals surface area contributed by atoms with E-state index in [4.69, 9.17) is 0 Å². The summed E-state index contributed by atoms with van der Waals surface area (Å²) in [6.07, 6.45) is 6.81. The molecule has 0 aliphatic heterocycles. The van der Waals surface area contributed by atoms with Crippen molar-refractivity contribution >= 4 is 0 Å². The number of hydrogen-bond acceptors (Lipinski definition) is 2. The molecule has 1 aliphatic carbocycles. The minimum atomic E-state index is -0.727. The van der Waals surface area contributed by atoms with Crippen LogP contribution in [0.2, 0.25) is 0 Å². The summed E-state index contributed by atoms with van der Waals surface area (Å²) in [5.74, 6) is 0.0718. The summed E-state index contributed by atoms with van der Waals surface area (Å²) in [5.41, 5.74) is 0. The SMILES string of the molecule is [Cl-].[O-]c1ccccc1.[O]=[V+2][C]1=CC=CC1. The molecule has 0 unspecified atom stereocenters. The molecule has 1 aliphatic rings. The summed E-state index contributed by atoms with van der Waals surface area (Å²) in [6, 6.07) is 8.33. The molecule has 2 rings (SSSR count). The van der Waals surface area contributed by atoms with Gasteiger partial charge in [-0.2, -0.15) is 0 Å². The molecule has 0 fully saturated rings. The molecule has 1 aromatic rings. The van der Waals surface area contributed by atoms with Gasteiger partial charge in [-0.15, -0.1) is 5.75 Å². The third kappa shape index (κ3) is 6.29. The fourth-order valence-corrected chi connectivity index (χ4v) is 1.43. The van der Waals surface area contributed by atoms with Crippen LogP contribution < -0.4 is 17.5 Å². The van der Waals surface area contributed by atoms with Gasteiger partial charge in [0, 0.05) is 0 Å². The maximum atomic E-state index is 10.3. The summed E-state index contributed by atoms with van der Waals surface area (Å²) < 4.78 is 11.2. The van der Waals surface area contributed by atoms with Crippen molar-refractivity contribution in [1.29, 1.82) is 0 Å². The van der Waals surface area contributed by atoms with Gasteiger partial charge >= 0.3 is 48.8 Å². The van der Waals surface area contributed by atoms with Gasteiger partial charge in [0.25, 0.3) is 0 Å². The Kier molecular flexibility index (Phi) is 8.01. The van der Waals surface area contributed by atoms with Crippen LogP contribution in [0.1, 0.15) is 6.42 Å². The predicted molar refractivity (Wildman–Crippen MR) is 48.4 cm³/mol. The first-order valence-corrected chi connectivity index (χ1v) is 5.51. The predicted octanol–water partition coefficient (Wildman–Crippen LogP) is -0.978. The van der Waals surface area contributed by atoms with E-state index in [-0.39, 0.29) is 18.2 Å². The number of para-hydroxylation sites is 1. The van der Waals surface area contributed by atoms with Gasteiger partial charge in [0.2, 0.25) is 0 Å². The molecule has 78 valence electrons. The molecule has 0 bridgehead atoms. The van der Waals surface area contributed by atoms with Crippen molar-refractivity contribution in [3.05, 3.63) is 52.8 Å². The molecule has 0 heterocycles. The zero-order valence-corrected chi connectivity index (χ0v) is 10.1. The van der Waals surface area contributed by atoms with Gasteiger partial charge < -0.3 is 17.5 Å². The monoisotopic (exact) mass is 260 g/mol. The van der Waals surface area contributed by atoms with Crippen molar-refractivity contribution in [2.24, 2.45) is 0 Å². The normalized spacial score (nSPS) is 11.6. The first-order chi connectivity index (χ1) is 6.83. The van der Waals surface area contributed by atoms with E-state index < -0.39 is 16.2 Å². The van der Waals surface area contributed by atoms with Crippen LogP contribution in [0, 0.1) is 0 Å². The molecular weight excluding hydrogens is 251 g/mol. The zero-order valence-electron chi connectivity index (χ0n) is 7.97. The molecule has 0 saturated carbocycles. The second-order valence-corrected chi connectivity index (χ2v) is 3.88. The van der Waals surface area contributed by atoms with Crippen LogP contribution >= 0.6 is 0 Å². The molecule has 0 amide bonds. The molecule has 4 heteroatoms. The fraction of sp³-hybridized carbons (Fsp3) is 0.0909. The average Bonchev–Trinajstić information content (AvgIpc) is 2.72. The third-order valence-corrected chi connectivity index (χ3v) is 2.50. The van der Waals surface area contributed by atoms with E-state index >= 15 is 0 Å². The van der Waals surface area contributed by atoms with Gasteiger partial charge in [0.15, 0.2) is 0 Å². The Balaban J connectivity index is 0.000000245. The second kappa shape index (κ2) is 8.48. The van der Waals surface area contributed by atoms with Gasteiger partial charge in [-0.1, -0.05) is 30.3 Å². The molecule has 15 heavy (non-hydrogen) atoms. The Labute approximate surface area is 102 Å². The second-order valence-electron chi connectivity index (χ2n) is 2.69. The number of allylic oxidation sites excluding steroid dienone is 4. The van der Waals surface area contributed by atoms with E-state index in [1.54, 1.807) is 12.1 Å².